The third kappa shape index (κ3) is 1.18. The van der Waals surface area contributed by atoms with E-state index in [1.807, 2.05) is 36.1 Å². The second kappa shape index (κ2) is 2.73. The minimum Gasteiger partial charge on any atom is -0.244 e. The van der Waals surface area contributed by atoms with Crippen molar-refractivity contribution in [2.75, 3.05) is 0 Å². The first-order chi connectivity index (χ1) is 5.86. The lowest BCUT2D eigenvalue weighted by atomic mass is 10.2. The summed E-state index contributed by atoms with van der Waals surface area (Å²) in [5.41, 5.74) is 1.76. The summed E-state index contributed by atoms with van der Waals surface area (Å²) in [6.07, 6.45) is 5.51. The van der Waals surface area contributed by atoms with E-state index in [1.165, 1.54) is 0 Å². The topological polar surface area (TPSA) is 42.8 Å². The summed E-state index contributed by atoms with van der Waals surface area (Å²) in [6.45, 7) is 0. The van der Waals surface area contributed by atoms with Gasteiger partial charge in [-0.05, 0) is 11.2 Å². The summed E-state index contributed by atoms with van der Waals surface area (Å²) in [7, 11) is 1.96. The van der Waals surface area contributed by atoms with Gasteiger partial charge in [0.15, 0.2) is 12.4 Å². The zero-order valence-corrected chi connectivity index (χ0v) is 6.64. The average Bonchev–Trinajstić information content (AvgIpc) is 2.56. The van der Waals surface area contributed by atoms with Crippen LogP contribution in [-0.2, 0) is 7.05 Å². The predicted octanol–water partition coefficient (Wildman–Crippen LogP) is 0.561. The van der Waals surface area contributed by atoms with Crippen LogP contribution in [0.25, 0.3) is 11.3 Å². The van der Waals surface area contributed by atoms with Gasteiger partial charge in [-0.25, -0.2) is 9.20 Å². The van der Waals surface area contributed by atoms with Crippen LogP contribution in [0.5, 0.6) is 0 Å². The molecule has 2 aromatic rings. The van der Waals surface area contributed by atoms with Gasteiger partial charge in [0, 0.05) is 6.07 Å². The number of hydrogen-bond acceptors (Lipinski definition) is 3. The second-order valence-electron chi connectivity index (χ2n) is 2.55. The second-order valence-corrected chi connectivity index (χ2v) is 2.55. The van der Waals surface area contributed by atoms with Gasteiger partial charge in [-0.2, -0.15) is 0 Å². The van der Waals surface area contributed by atoms with Gasteiger partial charge in [0.25, 0.3) is 0 Å². The Morgan fingerprint density at radius 1 is 1.50 bits per heavy atom. The fourth-order valence-electron chi connectivity index (χ4n) is 1.03. The highest BCUT2D eigenvalue weighted by Crippen LogP contribution is 2.11. The van der Waals surface area contributed by atoms with Crippen LogP contribution in [0.2, 0.25) is 0 Å². The monoisotopic (exact) mass is 162 g/mol. The smallest absolute Gasteiger partial charge is 0.178 e. The van der Waals surface area contributed by atoms with Crippen LogP contribution in [0.1, 0.15) is 0 Å². The van der Waals surface area contributed by atoms with E-state index in [4.69, 9.17) is 0 Å². The van der Waals surface area contributed by atoms with E-state index in [-0.39, 0.29) is 0 Å². The summed E-state index contributed by atoms with van der Waals surface area (Å²) in [5, 5.41) is 7.26. The Morgan fingerprint density at radius 3 is 3.08 bits per heavy atom. The molecule has 0 N–H and O–H groups in total. The van der Waals surface area contributed by atoms with Gasteiger partial charge in [0.05, 0.1) is 11.8 Å². The first kappa shape index (κ1) is 6.97. The zero-order chi connectivity index (χ0) is 8.39. The highest BCUT2D eigenvalue weighted by Gasteiger charge is 2.04. The standard InChI is InChI=1S/C8H8N3O/c1-11-4-2-3-7(6-11)8-5-9-12-10-8/h2-6H,1H3/q+1. The van der Waals surface area contributed by atoms with E-state index in [0.29, 0.717) is 0 Å². The van der Waals surface area contributed by atoms with Crippen LogP contribution >= 0.6 is 0 Å². The number of aromatic nitrogens is 3. The number of nitrogens with zero attached hydrogens (tertiary/aromatic N) is 3. The van der Waals surface area contributed by atoms with Crippen molar-refractivity contribution < 1.29 is 9.20 Å². The number of hydrogen-bond donors (Lipinski definition) is 0. The van der Waals surface area contributed by atoms with Gasteiger partial charge in [0.2, 0.25) is 0 Å². The summed E-state index contributed by atoms with van der Waals surface area (Å²) in [5.74, 6) is 0. The highest BCUT2D eigenvalue weighted by atomic mass is 16.6. The lowest BCUT2D eigenvalue weighted by Gasteiger charge is -1.90. The molecule has 0 saturated carbocycles. The Morgan fingerprint density at radius 2 is 2.42 bits per heavy atom. The van der Waals surface area contributed by atoms with E-state index in [0.717, 1.165) is 11.3 Å². The van der Waals surface area contributed by atoms with Gasteiger partial charge in [-0.3, -0.25) is 0 Å². The van der Waals surface area contributed by atoms with Gasteiger partial charge >= 0.3 is 0 Å². The van der Waals surface area contributed by atoms with Crippen molar-refractivity contribution in [2.45, 2.75) is 0 Å². The van der Waals surface area contributed by atoms with Crippen molar-refractivity contribution >= 4 is 0 Å². The van der Waals surface area contributed by atoms with E-state index in [9.17, 15) is 0 Å². The Balaban J connectivity index is 2.48. The Labute approximate surface area is 69.4 Å². The number of pyridine rings is 1. The summed E-state index contributed by atoms with van der Waals surface area (Å²) < 4.78 is 6.45. The predicted molar refractivity (Wildman–Crippen MR) is 40.9 cm³/mol. The van der Waals surface area contributed by atoms with Crippen LogP contribution in [0.3, 0.4) is 0 Å². The molecule has 12 heavy (non-hydrogen) atoms. The molecule has 0 amide bonds. The van der Waals surface area contributed by atoms with Crippen molar-refractivity contribution in [1.82, 2.24) is 10.3 Å². The molecular weight excluding hydrogens is 154 g/mol. The summed E-state index contributed by atoms with van der Waals surface area (Å²) in [6, 6.07) is 3.91. The van der Waals surface area contributed by atoms with Gasteiger partial charge in [-0.15, -0.1) is 0 Å². The molecule has 4 nitrogen and oxygen atoms in total. The fourth-order valence-corrected chi connectivity index (χ4v) is 1.03. The maximum absolute atomic E-state index is 4.50. The molecule has 2 rings (SSSR count). The molecular formula is C8H8N3O+. The summed E-state index contributed by atoms with van der Waals surface area (Å²) in [4.78, 5) is 0. The zero-order valence-electron chi connectivity index (χ0n) is 6.64. The molecule has 60 valence electrons. The molecule has 0 aromatic carbocycles. The van der Waals surface area contributed by atoms with Crippen LogP contribution in [0.4, 0.5) is 0 Å². The van der Waals surface area contributed by atoms with Crippen molar-refractivity contribution in [3.63, 3.8) is 0 Å². The highest BCUT2D eigenvalue weighted by molar-refractivity contribution is 5.54. The summed E-state index contributed by atoms with van der Waals surface area (Å²) >= 11 is 0. The van der Waals surface area contributed by atoms with Gasteiger partial charge in [-0.1, -0.05) is 5.16 Å². The van der Waals surface area contributed by atoms with E-state index in [2.05, 4.69) is 14.9 Å². The molecule has 0 aliphatic heterocycles. The van der Waals surface area contributed by atoms with Crippen LogP contribution < -0.4 is 4.57 Å². The largest absolute Gasteiger partial charge is 0.244 e. The molecule has 2 heterocycles. The maximum atomic E-state index is 4.50. The molecule has 0 unspecified atom stereocenters. The molecule has 0 fully saturated rings. The van der Waals surface area contributed by atoms with Crippen molar-refractivity contribution in [2.24, 2.45) is 7.05 Å². The molecule has 0 aliphatic rings. The molecule has 0 aliphatic carbocycles. The number of aryl methyl sites for hydroxylation is 1. The third-order valence-corrected chi connectivity index (χ3v) is 1.60. The fraction of sp³-hybridized carbons (Fsp3) is 0.125. The van der Waals surface area contributed by atoms with Crippen molar-refractivity contribution in [1.29, 1.82) is 0 Å². The quantitative estimate of drug-likeness (QED) is 0.575. The maximum Gasteiger partial charge on any atom is 0.178 e. The molecule has 0 radical (unpaired) electrons. The van der Waals surface area contributed by atoms with Gasteiger partial charge < -0.3 is 0 Å². The van der Waals surface area contributed by atoms with E-state index < -0.39 is 0 Å². The SMILES string of the molecule is C[n+]1cccc(-c2cnon2)c1. The van der Waals surface area contributed by atoms with E-state index in [1.54, 1.807) is 6.20 Å². The third-order valence-electron chi connectivity index (χ3n) is 1.60. The molecule has 2 aromatic heterocycles. The molecule has 0 saturated heterocycles. The normalized spacial score (nSPS) is 10.1. The molecule has 4 heteroatoms. The van der Waals surface area contributed by atoms with Gasteiger partial charge in [0.1, 0.15) is 12.7 Å². The minimum atomic E-state index is 0.756. The molecule has 0 spiro atoms. The Kier molecular flexibility index (Phi) is 1.59. The average molecular weight is 162 g/mol. The Hall–Kier alpha value is -1.71. The lowest BCUT2D eigenvalue weighted by Crippen LogP contribution is -2.26. The van der Waals surface area contributed by atoms with Crippen molar-refractivity contribution in [3.8, 4) is 11.3 Å². The van der Waals surface area contributed by atoms with Crippen molar-refractivity contribution in [3.05, 3.63) is 30.7 Å². The molecule has 0 atom stereocenters. The van der Waals surface area contributed by atoms with Crippen LogP contribution in [-0.4, -0.2) is 10.3 Å². The first-order valence-electron chi connectivity index (χ1n) is 3.59. The van der Waals surface area contributed by atoms with Crippen LogP contribution in [0, 0.1) is 0 Å². The first-order valence-corrected chi connectivity index (χ1v) is 3.59. The van der Waals surface area contributed by atoms with E-state index >= 15 is 0 Å². The van der Waals surface area contributed by atoms with Crippen LogP contribution in [0.15, 0.2) is 35.4 Å². The number of rotatable bonds is 1. The molecule has 0 bridgehead atoms. The minimum absolute atomic E-state index is 0.756. The lowest BCUT2D eigenvalue weighted by molar-refractivity contribution is -0.671. The Bertz CT molecular complexity index is 370.